The molecule has 2 amide bonds. The topological polar surface area (TPSA) is 105 Å². The average Bonchev–Trinajstić information content (AvgIpc) is 2.95. The zero-order valence-electron chi connectivity index (χ0n) is 13.3. The monoisotopic (exact) mass is 464 g/mol. The van der Waals surface area contributed by atoms with Gasteiger partial charge in [0.25, 0.3) is 11.8 Å². The summed E-state index contributed by atoms with van der Waals surface area (Å²) in [6.07, 6.45) is 0. The van der Waals surface area contributed by atoms with Crippen LogP contribution in [0, 0.1) is 3.57 Å². The molecule has 0 unspecified atom stereocenters. The summed E-state index contributed by atoms with van der Waals surface area (Å²) in [5.74, 6) is -1.71. The summed E-state index contributed by atoms with van der Waals surface area (Å²) in [4.78, 5) is 34.9. The molecule has 3 rings (SSSR count). The quantitative estimate of drug-likeness (QED) is 0.355. The Morgan fingerprint density at radius 3 is 1.92 bits per heavy atom. The first-order valence-corrected chi connectivity index (χ1v) is 8.59. The van der Waals surface area contributed by atoms with Crippen LogP contribution < -0.4 is 15.6 Å². The second-order valence-electron chi connectivity index (χ2n) is 5.37. The molecule has 0 saturated carbocycles. The number of nitrogens with one attached hydrogen (secondary N) is 2. The molecule has 132 valence electrons. The number of carboxylic acid groups (broad SMARTS) is 1. The fourth-order valence-electron chi connectivity index (χ4n) is 2.50. The molecule has 3 N–H and O–H groups in total. The summed E-state index contributed by atoms with van der Waals surface area (Å²) < 4.78 is 6.14. The van der Waals surface area contributed by atoms with Gasteiger partial charge in [-0.1, -0.05) is 24.3 Å². The molecule has 2 aromatic carbocycles. The number of ether oxygens (including phenoxy) is 1. The lowest BCUT2D eigenvalue weighted by atomic mass is 9.92. The third-order valence-corrected chi connectivity index (χ3v) is 4.35. The molecule has 0 bridgehead atoms. The van der Waals surface area contributed by atoms with E-state index in [1.165, 1.54) is 0 Å². The van der Waals surface area contributed by atoms with E-state index in [0.29, 0.717) is 22.4 Å². The molecular formula is C18H13IN2O5. The summed E-state index contributed by atoms with van der Waals surface area (Å²) in [7, 11) is 0. The van der Waals surface area contributed by atoms with E-state index < -0.39 is 24.4 Å². The number of amides is 2. The van der Waals surface area contributed by atoms with Crippen LogP contribution in [-0.2, 0) is 14.4 Å². The summed E-state index contributed by atoms with van der Waals surface area (Å²) in [5, 5.41) is 8.67. The minimum absolute atomic E-state index is 0.0189. The summed E-state index contributed by atoms with van der Waals surface area (Å²) >= 11 is 2.17. The Balaban J connectivity index is 2.06. The maximum absolute atomic E-state index is 12.1. The molecule has 26 heavy (non-hydrogen) atoms. The van der Waals surface area contributed by atoms with Crippen LogP contribution in [0.25, 0.3) is 5.57 Å². The Hall–Kier alpha value is -2.88. The van der Waals surface area contributed by atoms with Crippen molar-refractivity contribution >= 4 is 45.9 Å². The molecule has 1 fully saturated rings. The third-order valence-electron chi connectivity index (χ3n) is 3.63. The van der Waals surface area contributed by atoms with E-state index in [4.69, 9.17) is 9.84 Å². The van der Waals surface area contributed by atoms with E-state index in [1.54, 1.807) is 24.3 Å². The second kappa shape index (κ2) is 7.56. The van der Waals surface area contributed by atoms with Crippen molar-refractivity contribution in [3.05, 3.63) is 68.8 Å². The smallest absolute Gasteiger partial charge is 0.341 e. The Labute approximate surface area is 162 Å². The largest absolute Gasteiger partial charge is 0.482 e. The van der Waals surface area contributed by atoms with Crippen LogP contribution in [0.1, 0.15) is 11.1 Å². The van der Waals surface area contributed by atoms with E-state index >= 15 is 0 Å². The molecule has 0 spiro atoms. The van der Waals surface area contributed by atoms with Gasteiger partial charge in [0.05, 0.1) is 0 Å². The number of carboxylic acids is 1. The minimum atomic E-state index is -1.07. The van der Waals surface area contributed by atoms with Crippen molar-refractivity contribution < 1.29 is 24.2 Å². The van der Waals surface area contributed by atoms with Gasteiger partial charge in [0.15, 0.2) is 6.61 Å². The van der Waals surface area contributed by atoms with Crippen LogP contribution in [0.2, 0.25) is 0 Å². The lowest BCUT2D eigenvalue weighted by Gasteiger charge is -2.11. The number of rotatable bonds is 5. The summed E-state index contributed by atoms with van der Waals surface area (Å²) in [6, 6.07) is 14.0. The van der Waals surface area contributed by atoms with Crippen LogP contribution in [0.5, 0.6) is 5.75 Å². The highest BCUT2D eigenvalue weighted by Crippen LogP contribution is 2.30. The molecule has 0 atom stereocenters. The van der Waals surface area contributed by atoms with Gasteiger partial charge < -0.3 is 9.84 Å². The van der Waals surface area contributed by atoms with E-state index in [2.05, 4.69) is 33.4 Å². The number of carbonyl (C=O) groups is 3. The van der Waals surface area contributed by atoms with Gasteiger partial charge in [-0.25, -0.2) is 4.79 Å². The van der Waals surface area contributed by atoms with Crippen molar-refractivity contribution in [1.29, 1.82) is 0 Å². The van der Waals surface area contributed by atoms with Gasteiger partial charge in [-0.05, 0) is 58.0 Å². The molecule has 1 heterocycles. The van der Waals surface area contributed by atoms with Crippen LogP contribution in [0.4, 0.5) is 0 Å². The lowest BCUT2D eigenvalue weighted by Crippen LogP contribution is -2.28. The molecular weight excluding hydrogens is 451 g/mol. The zero-order chi connectivity index (χ0) is 18.7. The van der Waals surface area contributed by atoms with Crippen LogP contribution >= 0.6 is 22.6 Å². The maximum Gasteiger partial charge on any atom is 0.341 e. The summed E-state index contributed by atoms with van der Waals surface area (Å²) in [6.45, 7) is -0.449. The highest BCUT2D eigenvalue weighted by molar-refractivity contribution is 14.1. The second-order valence-corrected chi connectivity index (χ2v) is 6.62. The van der Waals surface area contributed by atoms with Crippen molar-refractivity contribution in [2.24, 2.45) is 0 Å². The molecule has 0 aromatic heterocycles. The third kappa shape index (κ3) is 3.85. The predicted octanol–water partition coefficient (Wildman–Crippen LogP) is 1.72. The highest BCUT2D eigenvalue weighted by Gasteiger charge is 2.30. The normalized spacial score (nSPS) is 13.2. The molecule has 0 radical (unpaired) electrons. The molecule has 1 aliphatic rings. The maximum atomic E-state index is 12.1. The minimum Gasteiger partial charge on any atom is -0.482 e. The van der Waals surface area contributed by atoms with Gasteiger partial charge in [0.2, 0.25) is 0 Å². The van der Waals surface area contributed by atoms with Crippen molar-refractivity contribution in [3.8, 4) is 5.75 Å². The zero-order valence-corrected chi connectivity index (χ0v) is 15.4. The Kier molecular flexibility index (Phi) is 5.21. The average molecular weight is 464 g/mol. The Morgan fingerprint density at radius 2 is 1.42 bits per heavy atom. The number of hydrogen-bond donors (Lipinski definition) is 3. The predicted molar refractivity (Wildman–Crippen MR) is 101 cm³/mol. The van der Waals surface area contributed by atoms with E-state index in [9.17, 15) is 14.4 Å². The van der Waals surface area contributed by atoms with Crippen molar-refractivity contribution in [2.45, 2.75) is 0 Å². The number of benzene rings is 2. The fourth-order valence-corrected chi connectivity index (χ4v) is 2.86. The molecule has 8 heteroatoms. The van der Waals surface area contributed by atoms with Crippen LogP contribution in [0.15, 0.2) is 54.1 Å². The lowest BCUT2D eigenvalue weighted by molar-refractivity contribution is -0.139. The first-order chi connectivity index (χ1) is 12.5. The highest BCUT2D eigenvalue weighted by atomic mass is 127. The molecule has 1 saturated heterocycles. The fraction of sp³-hybridized carbons (Fsp3) is 0.0556. The number of carbonyl (C=O) groups excluding carboxylic acids is 2. The van der Waals surface area contributed by atoms with Gasteiger partial charge >= 0.3 is 5.97 Å². The number of aliphatic carboxylic acids is 1. The Morgan fingerprint density at radius 1 is 0.923 bits per heavy atom. The van der Waals surface area contributed by atoms with Gasteiger partial charge in [-0.3, -0.25) is 20.4 Å². The van der Waals surface area contributed by atoms with Crippen molar-refractivity contribution in [2.75, 3.05) is 6.61 Å². The van der Waals surface area contributed by atoms with E-state index in [0.717, 1.165) is 3.57 Å². The molecule has 7 nitrogen and oxygen atoms in total. The van der Waals surface area contributed by atoms with E-state index in [-0.39, 0.29) is 5.57 Å². The van der Waals surface area contributed by atoms with Crippen molar-refractivity contribution in [3.63, 3.8) is 0 Å². The molecule has 2 aromatic rings. The van der Waals surface area contributed by atoms with Gasteiger partial charge in [0.1, 0.15) is 11.3 Å². The van der Waals surface area contributed by atoms with Gasteiger partial charge in [-0.2, -0.15) is 0 Å². The van der Waals surface area contributed by atoms with Crippen LogP contribution in [-0.4, -0.2) is 29.5 Å². The van der Waals surface area contributed by atoms with Gasteiger partial charge in [-0.15, -0.1) is 0 Å². The molecule has 0 aliphatic carbocycles. The first kappa shape index (κ1) is 17.9. The SMILES string of the molecule is O=C(O)COc1ccc(C(=C2C(=O)NNC2=O)c2ccc(I)cc2)cc1. The van der Waals surface area contributed by atoms with E-state index in [1.807, 2.05) is 24.3 Å². The standard InChI is InChI=1S/C18H13IN2O5/c19-12-5-1-10(2-6-12)15(16-17(24)20-21-18(16)25)11-3-7-13(8-4-11)26-9-14(22)23/h1-8H,9H2,(H,20,24)(H,21,25)(H,22,23). The van der Waals surface area contributed by atoms with Gasteiger partial charge in [0, 0.05) is 9.14 Å². The number of halogens is 1. The first-order valence-electron chi connectivity index (χ1n) is 7.51. The number of hydrazine groups is 1. The summed E-state index contributed by atoms with van der Waals surface area (Å²) in [5.41, 5.74) is 6.47. The molecule has 1 aliphatic heterocycles. The van der Waals surface area contributed by atoms with Crippen LogP contribution in [0.3, 0.4) is 0 Å². The number of hydrogen-bond acceptors (Lipinski definition) is 4. The van der Waals surface area contributed by atoms with Crippen molar-refractivity contribution in [1.82, 2.24) is 10.9 Å². The Bertz CT molecular complexity index is 886.